The van der Waals surface area contributed by atoms with Crippen LogP contribution in [0.3, 0.4) is 0 Å². The van der Waals surface area contributed by atoms with Gasteiger partial charge in [0.2, 0.25) is 5.91 Å². The molecule has 1 aromatic heterocycles. The number of benzene rings is 2. The van der Waals surface area contributed by atoms with E-state index in [1.165, 1.54) is 11.1 Å². The molecule has 0 atom stereocenters. The lowest BCUT2D eigenvalue weighted by molar-refractivity contribution is -0.115. The predicted molar refractivity (Wildman–Crippen MR) is 93.3 cm³/mol. The highest BCUT2D eigenvalue weighted by Gasteiger charge is 2.06. The quantitative estimate of drug-likeness (QED) is 0.760. The van der Waals surface area contributed by atoms with E-state index in [4.69, 9.17) is 0 Å². The summed E-state index contributed by atoms with van der Waals surface area (Å²) in [5.74, 6) is -0.0725. The van der Waals surface area contributed by atoms with Crippen molar-refractivity contribution in [3.05, 3.63) is 71.9 Å². The highest BCUT2D eigenvalue weighted by atomic mass is 16.1. The number of amides is 1. The zero-order valence-corrected chi connectivity index (χ0v) is 13.0. The molecule has 0 aliphatic heterocycles. The van der Waals surface area contributed by atoms with Crippen molar-refractivity contribution in [3.63, 3.8) is 0 Å². The van der Waals surface area contributed by atoms with Gasteiger partial charge < -0.3 is 10.6 Å². The fraction of sp³-hybridized carbons (Fsp3) is 0.158. The van der Waals surface area contributed by atoms with Crippen LogP contribution in [-0.2, 0) is 11.3 Å². The van der Waals surface area contributed by atoms with Crippen LogP contribution in [0.4, 0.5) is 5.69 Å². The Hall–Kier alpha value is -2.72. The first-order valence-electron chi connectivity index (χ1n) is 7.63. The Labute approximate surface area is 135 Å². The van der Waals surface area contributed by atoms with Gasteiger partial charge >= 0.3 is 0 Å². The van der Waals surface area contributed by atoms with Crippen LogP contribution in [0.15, 0.2) is 60.8 Å². The predicted octanol–water partition coefficient (Wildman–Crippen LogP) is 3.27. The number of carbonyl (C=O) groups excluding carboxylic acids is 1. The average molecular weight is 305 g/mol. The number of rotatable bonds is 5. The molecule has 3 rings (SSSR count). The smallest absolute Gasteiger partial charge is 0.238 e. The summed E-state index contributed by atoms with van der Waals surface area (Å²) in [5, 5.41) is 7.11. The van der Waals surface area contributed by atoms with Crippen LogP contribution in [0.5, 0.6) is 0 Å². The lowest BCUT2D eigenvalue weighted by Gasteiger charge is -2.10. The summed E-state index contributed by atoms with van der Waals surface area (Å²) < 4.78 is 0. The third kappa shape index (κ3) is 3.73. The second-order valence-electron chi connectivity index (χ2n) is 5.46. The minimum Gasteiger partial charge on any atom is -0.323 e. The number of fused-ring (bicyclic) bond motifs is 1. The van der Waals surface area contributed by atoms with Gasteiger partial charge in [-0.1, -0.05) is 42.5 Å². The van der Waals surface area contributed by atoms with Crippen molar-refractivity contribution in [2.45, 2.75) is 13.5 Å². The van der Waals surface area contributed by atoms with E-state index >= 15 is 0 Å². The summed E-state index contributed by atoms with van der Waals surface area (Å²) in [7, 11) is 0. The van der Waals surface area contributed by atoms with Crippen LogP contribution >= 0.6 is 0 Å². The van der Waals surface area contributed by atoms with E-state index in [9.17, 15) is 4.79 Å². The molecule has 4 heteroatoms. The summed E-state index contributed by atoms with van der Waals surface area (Å²) in [6, 6.07) is 17.8. The summed E-state index contributed by atoms with van der Waals surface area (Å²) in [6.45, 7) is 3.00. The molecule has 0 aliphatic carbocycles. The van der Waals surface area contributed by atoms with Crippen molar-refractivity contribution in [2.75, 3.05) is 11.9 Å². The molecule has 23 heavy (non-hydrogen) atoms. The van der Waals surface area contributed by atoms with Gasteiger partial charge in [-0.15, -0.1) is 0 Å². The molecule has 0 fully saturated rings. The molecule has 3 aromatic rings. The minimum atomic E-state index is -0.0725. The Balaban J connectivity index is 1.60. The number of hydrogen-bond donors (Lipinski definition) is 2. The molecule has 0 saturated carbocycles. The van der Waals surface area contributed by atoms with Gasteiger partial charge in [-0.2, -0.15) is 0 Å². The molecular weight excluding hydrogens is 286 g/mol. The molecule has 116 valence electrons. The Morgan fingerprint density at radius 1 is 1.04 bits per heavy atom. The van der Waals surface area contributed by atoms with Crippen molar-refractivity contribution in [3.8, 4) is 0 Å². The topological polar surface area (TPSA) is 54.0 Å². The summed E-state index contributed by atoms with van der Waals surface area (Å²) in [6.07, 6.45) is 1.73. The Morgan fingerprint density at radius 3 is 2.74 bits per heavy atom. The van der Waals surface area contributed by atoms with Gasteiger partial charge in [0.15, 0.2) is 0 Å². The second-order valence-corrected chi connectivity index (χ2v) is 5.46. The number of hydrogen-bond acceptors (Lipinski definition) is 3. The van der Waals surface area contributed by atoms with E-state index in [-0.39, 0.29) is 12.5 Å². The second kappa shape index (κ2) is 7.03. The van der Waals surface area contributed by atoms with Crippen molar-refractivity contribution in [2.24, 2.45) is 0 Å². The number of carbonyl (C=O) groups is 1. The van der Waals surface area contributed by atoms with Crippen LogP contribution in [0.1, 0.15) is 11.1 Å². The van der Waals surface area contributed by atoms with Crippen molar-refractivity contribution in [1.29, 1.82) is 0 Å². The molecule has 1 heterocycles. The zero-order chi connectivity index (χ0) is 16.1. The Bertz CT molecular complexity index is 824. The highest BCUT2D eigenvalue weighted by Crippen LogP contribution is 2.20. The molecule has 0 radical (unpaired) electrons. The van der Waals surface area contributed by atoms with Crippen LogP contribution in [0, 0.1) is 6.92 Å². The van der Waals surface area contributed by atoms with Crippen LogP contribution in [0.2, 0.25) is 0 Å². The first-order chi connectivity index (χ1) is 11.2. The van der Waals surface area contributed by atoms with Crippen molar-refractivity contribution >= 4 is 22.5 Å². The number of aryl methyl sites for hydroxylation is 1. The van der Waals surface area contributed by atoms with Crippen LogP contribution in [-0.4, -0.2) is 17.4 Å². The number of pyridine rings is 1. The van der Waals surface area contributed by atoms with Gasteiger partial charge in [-0.3, -0.25) is 9.78 Å². The number of para-hydroxylation sites is 1. The van der Waals surface area contributed by atoms with Crippen LogP contribution < -0.4 is 10.6 Å². The number of aromatic nitrogens is 1. The maximum absolute atomic E-state index is 12.1. The lowest BCUT2D eigenvalue weighted by atomic mass is 10.1. The first kappa shape index (κ1) is 15.2. The van der Waals surface area contributed by atoms with Gasteiger partial charge in [0, 0.05) is 18.1 Å². The van der Waals surface area contributed by atoms with E-state index in [0.29, 0.717) is 6.54 Å². The van der Waals surface area contributed by atoms with Crippen molar-refractivity contribution < 1.29 is 4.79 Å². The molecular formula is C19H19N3O. The minimum absolute atomic E-state index is 0.0725. The summed E-state index contributed by atoms with van der Waals surface area (Å²) in [5.41, 5.74) is 3.97. The highest BCUT2D eigenvalue weighted by molar-refractivity contribution is 6.00. The standard InChI is InChI=1S/C19H19N3O/c1-14-6-2-3-7-16(14)12-20-13-18(23)22-17-10-4-8-15-9-5-11-21-19(15)17/h2-11,20H,12-13H2,1H3,(H,22,23). The van der Waals surface area contributed by atoms with E-state index < -0.39 is 0 Å². The number of nitrogens with zero attached hydrogens (tertiary/aromatic N) is 1. The molecule has 1 amide bonds. The fourth-order valence-corrected chi connectivity index (χ4v) is 2.52. The lowest BCUT2D eigenvalue weighted by Crippen LogP contribution is -2.28. The Morgan fingerprint density at radius 2 is 1.87 bits per heavy atom. The monoisotopic (exact) mass is 305 g/mol. The number of nitrogens with one attached hydrogen (secondary N) is 2. The molecule has 0 unspecified atom stereocenters. The molecule has 0 aliphatic rings. The van der Waals surface area contributed by atoms with E-state index in [0.717, 1.165) is 16.6 Å². The summed E-state index contributed by atoms with van der Waals surface area (Å²) in [4.78, 5) is 16.5. The van der Waals surface area contributed by atoms with Gasteiger partial charge in [0.1, 0.15) is 0 Å². The third-order valence-corrected chi connectivity index (χ3v) is 3.77. The van der Waals surface area contributed by atoms with Crippen LogP contribution in [0.25, 0.3) is 10.9 Å². The first-order valence-corrected chi connectivity index (χ1v) is 7.63. The Kier molecular flexibility index (Phi) is 4.64. The largest absolute Gasteiger partial charge is 0.323 e. The van der Waals surface area contributed by atoms with Gasteiger partial charge in [0.05, 0.1) is 17.7 Å². The average Bonchev–Trinajstić information content (AvgIpc) is 2.57. The SMILES string of the molecule is Cc1ccccc1CNCC(=O)Nc1cccc2cccnc12. The molecule has 2 N–H and O–H groups in total. The van der Waals surface area contributed by atoms with E-state index in [1.807, 2.05) is 42.5 Å². The summed E-state index contributed by atoms with van der Waals surface area (Å²) >= 11 is 0. The maximum atomic E-state index is 12.1. The molecule has 4 nitrogen and oxygen atoms in total. The molecule has 2 aromatic carbocycles. The maximum Gasteiger partial charge on any atom is 0.238 e. The molecule has 0 bridgehead atoms. The van der Waals surface area contributed by atoms with E-state index in [2.05, 4.69) is 34.7 Å². The van der Waals surface area contributed by atoms with Gasteiger partial charge in [-0.05, 0) is 30.2 Å². The van der Waals surface area contributed by atoms with Crippen molar-refractivity contribution in [1.82, 2.24) is 10.3 Å². The van der Waals surface area contributed by atoms with E-state index in [1.54, 1.807) is 6.20 Å². The normalized spacial score (nSPS) is 10.7. The number of anilines is 1. The van der Waals surface area contributed by atoms with Gasteiger partial charge in [-0.25, -0.2) is 0 Å². The third-order valence-electron chi connectivity index (χ3n) is 3.77. The zero-order valence-electron chi connectivity index (χ0n) is 13.0. The molecule has 0 saturated heterocycles. The van der Waals surface area contributed by atoms with Gasteiger partial charge in [0.25, 0.3) is 0 Å². The molecule has 0 spiro atoms. The fourth-order valence-electron chi connectivity index (χ4n) is 2.52.